The fourth-order valence-electron chi connectivity index (χ4n) is 3.07. The molecule has 2 rings (SSSR count). The van der Waals surface area contributed by atoms with Crippen molar-refractivity contribution in [3.63, 3.8) is 0 Å². The number of nitrogens with one attached hydrogen (secondary N) is 2. The summed E-state index contributed by atoms with van der Waals surface area (Å²) in [5.41, 5.74) is 0.0758. The summed E-state index contributed by atoms with van der Waals surface area (Å²) in [5, 5.41) is 2.82. The molecular formula is C21H28FN3O3S. The average molecular weight is 422 g/mol. The van der Waals surface area contributed by atoms with Crippen molar-refractivity contribution in [2.75, 3.05) is 17.8 Å². The second kappa shape index (κ2) is 9.84. The highest BCUT2D eigenvalue weighted by Gasteiger charge is 2.18. The first kappa shape index (κ1) is 22.8. The van der Waals surface area contributed by atoms with Gasteiger partial charge >= 0.3 is 0 Å². The van der Waals surface area contributed by atoms with E-state index in [0.717, 1.165) is 0 Å². The third-order valence-corrected chi connectivity index (χ3v) is 5.87. The third-order valence-electron chi connectivity index (χ3n) is 4.51. The molecule has 0 aliphatic carbocycles. The molecule has 6 nitrogen and oxygen atoms in total. The normalized spacial score (nSPS) is 11.9. The van der Waals surface area contributed by atoms with E-state index in [9.17, 15) is 17.6 Å². The number of hydrogen-bond acceptors (Lipinski definition) is 4. The van der Waals surface area contributed by atoms with Crippen LogP contribution < -0.4 is 10.0 Å². The van der Waals surface area contributed by atoms with E-state index in [0.29, 0.717) is 25.2 Å². The molecule has 0 saturated carbocycles. The Balaban J connectivity index is 2.08. The molecular weight excluding hydrogens is 393 g/mol. The van der Waals surface area contributed by atoms with Gasteiger partial charge in [0.25, 0.3) is 15.9 Å². The lowest BCUT2D eigenvalue weighted by Crippen LogP contribution is -2.42. The Kier molecular flexibility index (Phi) is 7.75. The second-order valence-electron chi connectivity index (χ2n) is 7.29. The van der Waals surface area contributed by atoms with E-state index in [1.807, 2.05) is 0 Å². The van der Waals surface area contributed by atoms with Crippen molar-refractivity contribution in [3.8, 4) is 0 Å². The molecule has 0 aromatic heterocycles. The zero-order chi connectivity index (χ0) is 21.6. The largest absolute Gasteiger partial charge is 0.351 e. The lowest BCUT2D eigenvalue weighted by atomic mass is 10.2. The van der Waals surface area contributed by atoms with Gasteiger partial charge in [-0.15, -0.1) is 0 Å². The number of benzene rings is 2. The predicted molar refractivity (Wildman–Crippen MR) is 113 cm³/mol. The smallest absolute Gasteiger partial charge is 0.262 e. The Labute approximate surface area is 172 Å². The first-order valence-corrected chi connectivity index (χ1v) is 11.0. The maximum absolute atomic E-state index is 13.8. The van der Waals surface area contributed by atoms with Gasteiger partial charge in [-0.2, -0.15) is 0 Å². The molecule has 0 spiro atoms. The van der Waals surface area contributed by atoms with Crippen LogP contribution >= 0.6 is 0 Å². The van der Waals surface area contributed by atoms with E-state index in [4.69, 9.17) is 0 Å². The van der Waals surface area contributed by atoms with Crippen LogP contribution in [0.4, 0.5) is 10.1 Å². The van der Waals surface area contributed by atoms with Crippen LogP contribution in [0, 0.1) is 5.82 Å². The van der Waals surface area contributed by atoms with E-state index in [-0.39, 0.29) is 22.1 Å². The quantitative estimate of drug-likeness (QED) is 0.650. The van der Waals surface area contributed by atoms with Crippen LogP contribution in [0.2, 0.25) is 0 Å². The molecule has 158 valence electrons. The lowest BCUT2D eigenvalue weighted by molar-refractivity contribution is 0.0939. The van der Waals surface area contributed by atoms with E-state index in [1.54, 1.807) is 6.07 Å². The third kappa shape index (κ3) is 6.27. The maximum atomic E-state index is 13.8. The first-order chi connectivity index (χ1) is 13.6. The number of anilines is 1. The molecule has 0 aliphatic rings. The minimum absolute atomic E-state index is 0.112. The van der Waals surface area contributed by atoms with Gasteiger partial charge in [-0.25, -0.2) is 12.8 Å². The van der Waals surface area contributed by atoms with Crippen molar-refractivity contribution in [3.05, 3.63) is 59.9 Å². The second-order valence-corrected chi connectivity index (χ2v) is 8.98. The van der Waals surface area contributed by atoms with Gasteiger partial charge < -0.3 is 5.32 Å². The van der Waals surface area contributed by atoms with Crippen molar-refractivity contribution >= 4 is 21.6 Å². The molecule has 0 heterocycles. The van der Waals surface area contributed by atoms with Crippen molar-refractivity contribution in [2.45, 2.75) is 44.7 Å². The molecule has 2 N–H and O–H groups in total. The number of hydrogen-bond donors (Lipinski definition) is 2. The Morgan fingerprint density at radius 2 is 1.69 bits per heavy atom. The number of rotatable bonds is 9. The van der Waals surface area contributed by atoms with E-state index in [2.05, 4.69) is 42.6 Å². The number of halogens is 1. The molecule has 0 bridgehead atoms. The van der Waals surface area contributed by atoms with E-state index < -0.39 is 15.8 Å². The summed E-state index contributed by atoms with van der Waals surface area (Å²) in [6, 6.07) is 11.9. The maximum Gasteiger partial charge on any atom is 0.262 e. The Morgan fingerprint density at radius 3 is 2.31 bits per heavy atom. The lowest BCUT2D eigenvalue weighted by Gasteiger charge is -2.30. The summed E-state index contributed by atoms with van der Waals surface area (Å²) >= 11 is 0. The van der Waals surface area contributed by atoms with Crippen molar-refractivity contribution in [1.29, 1.82) is 0 Å². The van der Waals surface area contributed by atoms with Gasteiger partial charge in [-0.1, -0.05) is 18.2 Å². The fourth-order valence-corrected chi connectivity index (χ4v) is 4.18. The van der Waals surface area contributed by atoms with Crippen molar-refractivity contribution in [2.24, 2.45) is 0 Å². The van der Waals surface area contributed by atoms with Crippen LogP contribution in [0.25, 0.3) is 0 Å². The highest BCUT2D eigenvalue weighted by molar-refractivity contribution is 7.92. The van der Waals surface area contributed by atoms with Gasteiger partial charge in [0.1, 0.15) is 5.82 Å². The first-order valence-electron chi connectivity index (χ1n) is 9.53. The molecule has 2 aromatic carbocycles. The number of amides is 1. The molecule has 29 heavy (non-hydrogen) atoms. The molecule has 0 radical (unpaired) electrons. The molecule has 0 atom stereocenters. The van der Waals surface area contributed by atoms with Gasteiger partial charge in [-0.05, 0) is 58.0 Å². The van der Waals surface area contributed by atoms with Crippen LogP contribution in [0.3, 0.4) is 0 Å². The number of sulfonamides is 1. The molecule has 0 unspecified atom stereocenters. The van der Waals surface area contributed by atoms with E-state index in [1.165, 1.54) is 42.5 Å². The van der Waals surface area contributed by atoms with Gasteiger partial charge in [0.15, 0.2) is 0 Å². The highest BCUT2D eigenvalue weighted by atomic mass is 32.2. The van der Waals surface area contributed by atoms with Gasteiger partial charge in [0, 0.05) is 30.7 Å². The van der Waals surface area contributed by atoms with Gasteiger partial charge in [0.05, 0.1) is 10.6 Å². The summed E-state index contributed by atoms with van der Waals surface area (Å²) in [5.74, 6) is -1.04. The van der Waals surface area contributed by atoms with Crippen LogP contribution in [0.5, 0.6) is 0 Å². The standard InChI is InChI=1S/C21H28FN3O3S/c1-15(2)25(16(3)4)13-12-23-21(26)17-8-7-9-18(14-17)29(27,28)24-20-11-6-5-10-19(20)22/h5-11,14-16,24H,12-13H2,1-4H3,(H,23,26). The van der Waals surface area contributed by atoms with Crippen LogP contribution in [-0.4, -0.2) is 44.4 Å². The monoisotopic (exact) mass is 421 g/mol. The summed E-state index contributed by atoms with van der Waals surface area (Å²) in [6.45, 7) is 9.52. The number of carbonyl (C=O) groups is 1. The van der Waals surface area contributed by atoms with Crippen LogP contribution in [0.1, 0.15) is 38.1 Å². The molecule has 0 aliphatic heterocycles. The average Bonchev–Trinajstić information content (AvgIpc) is 2.66. The summed E-state index contributed by atoms with van der Waals surface area (Å²) in [7, 11) is -4.03. The van der Waals surface area contributed by atoms with Crippen molar-refractivity contribution < 1.29 is 17.6 Å². The van der Waals surface area contributed by atoms with Gasteiger partial charge in [-0.3, -0.25) is 14.4 Å². The van der Waals surface area contributed by atoms with Gasteiger partial charge in [0.2, 0.25) is 0 Å². The van der Waals surface area contributed by atoms with Crippen LogP contribution in [0.15, 0.2) is 53.4 Å². The molecule has 0 saturated heterocycles. The highest BCUT2D eigenvalue weighted by Crippen LogP contribution is 2.19. The van der Waals surface area contributed by atoms with Crippen LogP contribution in [-0.2, 0) is 10.0 Å². The Hall–Kier alpha value is -2.45. The minimum Gasteiger partial charge on any atom is -0.351 e. The fraction of sp³-hybridized carbons (Fsp3) is 0.381. The Morgan fingerprint density at radius 1 is 1.03 bits per heavy atom. The SMILES string of the molecule is CC(C)N(CCNC(=O)c1cccc(S(=O)(=O)Nc2ccccc2F)c1)C(C)C. The summed E-state index contributed by atoms with van der Waals surface area (Å²) < 4.78 is 41.1. The molecule has 8 heteroatoms. The number of nitrogens with zero attached hydrogens (tertiary/aromatic N) is 1. The Bertz CT molecular complexity index is 938. The van der Waals surface area contributed by atoms with Crippen molar-refractivity contribution in [1.82, 2.24) is 10.2 Å². The number of carbonyl (C=O) groups excluding carboxylic acids is 1. The predicted octanol–water partition coefficient (Wildman–Crippen LogP) is 3.48. The minimum atomic E-state index is -4.03. The molecule has 2 aromatic rings. The molecule has 0 fully saturated rings. The topological polar surface area (TPSA) is 78.5 Å². The number of para-hydroxylation sites is 1. The summed E-state index contributed by atoms with van der Waals surface area (Å²) in [6.07, 6.45) is 0. The summed E-state index contributed by atoms with van der Waals surface area (Å²) in [4.78, 5) is 14.6. The zero-order valence-corrected chi connectivity index (χ0v) is 18.0. The zero-order valence-electron chi connectivity index (χ0n) is 17.1. The van der Waals surface area contributed by atoms with E-state index >= 15 is 0 Å². The molecule has 1 amide bonds.